The Balaban J connectivity index is 2.52. The van der Waals surface area contributed by atoms with Crippen LogP contribution in [0.1, 0.15) is 81.5 Å². The van der Waals surface area contributed by atoms with Crippen molar-refractivity contribution in [3.8, 4) is 0 Å². The van der Waals surface area contributed by atoms with Crippen LogP contribution >= 0.6 is 11.6 Å². The van der Waals surface area contributed by atoms with Gasteiger partial charge in [-0.1, -0.05) is 0 Å². The average molecular weight is 457 g/mol. The molecule has 2 rings (SSSR count). The summed E-state index contributed by atoms with van der Waals surface area (Å²) in [6, 6.07) is 13.9. The number of rotatable bonds is 6. The first-order valence-corrected chi connectivity index (χ1v) is 11.7. The molecule has 0 aliphatic heterocycles. The summed E-state index contributed by atoms with van der Waals surface area (Å²) < 4.78 is 3.14. The number of alkyl halides is 1. The van der Waals surface area contributed by atoms with Gasteiger partial charge in [-0.3, -0.25) is 0 Å². The van der Waals surface area contributed by atoms with Crippen LogP contribution < -0.4 is 7.22 Å². The van der Waals surface area contributed by atoms with Crippen molar-refractivity contribution in [1.29, 1.82) is 0 Å². The molecule has 0 radical (unpaired) electrons. The zero-order valence-corrected chi connectivity index (χ0v) is 18.8. The molecule has 0 nitrogen and oxygen atoms in total. The zero-order chi connectivity index (χ0) is 17.9. The second kappa shape index (κ2) is 8.75. The van der Waals surface area contributed by atoms with E-state index in [-0.39, 0.29) is 20.9 Å². The quantitative estimate of drug-likeness (QED) is 0.401. The van der Waals surface area contributed by atoms with E-state index >= 15 is 0 Å². The van der Waals surface area contributed by atoms with Crippen LogP contribution in [0.25, 0.3) is 0 Å². The molecule has 0 amide bonds. The second-order valence-corrected chi connectivity index (χ2v) is 10.7. The van der Waals surface area contributed by atoms with Gasteiger partial charge in [0, 0.05) is 0 Å². The Hall–Kier alpha value is -0.480. The number of hydrogen-bond acceptors (Lipinski definition) is 0. The standard InChI is InChI=1S/C22H29ClTe/c1-14(2)18-11-20(15(3)4)22(21(12-18)16(5)6)24-19-9-7-17(13-23)8-10-19/h7-12,14-16H,13H2,1-6H3. The Labute approximate surface area is 163 Å². The van der Waals surface area contributed by atoms with Gasteiger partial charge in [0.05, 0.1) is 0 Å². The van der Waals surface area contributed by atoms with Crippen molar-refractivity contribution in [2.75, 3.05) is 0 Å². The normalized spacial score (nSPS) is 11.8. The Kier molecular flexibility index (Phi) is 7.23. The molecule has 0 saturated carbocycles. The van der Waals surface area contributed by atoms with Crippen LogP contribution in [0.3, 0.4) is 0 Å². The van der Waals surface area contributed by atoms with Crippen molar-refractivity contribution in [1.82, 2.24) is 0 Å². The zero-order valence-electron chi connectivity index (χ0n) is 15.7. The summed E-state index contributed by atoms with van der Waals surface area (Å²) >= 11 is 5.54. The Bertz CT molecular complexity index is 640. The van der Waals surface area contributed by atoms with E-state index in [1.807, 2.05) is 0 Å². The van der Waals surface area contributed by atoms with E-state index in [0.717, 1.165) is 0 Å². The topological polar surface area (TPSA) is 0 Å². The van der Waals surface area contributed by atoms with Gasteiger partial charge in [-0.05, 0) is 0 Å². The predicted octanol–water partition coefficient (Wildman–Crippen LogP) is 5.45. The van der Waals surface area contributed by atoms with E-state index in [9.17, 15) is 0 Å². The van der Waals surface area contributed by atoms with Crippen LogP contribution in [0.15, 0.2) is 36.4 Å². The molecule has 2 aromatic rings. The molecule has 130 valence electrons. The van der Waals surface area contributed by atoms with Crippen molar-refractivity contribution in [2.24, 2.45) is 0 Å². The maximum atomic E-state index is 5.93. The van der Waals surface area contributed by atoms with E-state index in [2.05, 4.69) is 77.9 Å². The third-order valence-corrected chi connectivity index (χ3v) is 8.06. The first kappa shape index (κ1) is 19.8. The van der Waals surface area contributed by atoms with E-state index < -0.39 is 0 Å². The van der Waals surface area contributed by atoms with Crippen molar-refractivity contribution >= 4 is 39.7 Å². The summed E-state index contributed by atoms with van der Waals surface area (Å²) in [4.78, 5) is 0. The molecule has 0 heterocycles. The van der Waals surface area contributed by atoms with Gasteiger partial charge in [0.2, 0.25) is 0 Å². The summed E-state index contributed by atoms with van der Waals surface area (Å²) in [5, 5.41) is 0. The van der Waals surface area contributed by atoms with Gasteiger partial charge in [-0.25, -0.2) is 0 Å². The van der Waals surface area contributed by atoms with Crippen LogP contribution in [-0.4, -0.2) is 20.9 Å². The SMILES string of the molecule is CC(C)c1cc(C(C)C)c([Te]c2ccc(CCl)cc2)c(C(C)C)c1. The molecule has 0 aliphatic carbocycles. The summed E-state index contributed by atoms with van der Waals surface area (Å²) in [6.07, 6.45) is 0. The molecule has 2 aromatic carbocycles. The minimum absolute atomic E-state index is 0.390. The van der Waals surface area contributed by atoms with Crippen LogP contribution in [-0.2, 0) is 5.88 Å². The summed E-state index contributed by atoms with van der Waals surface area (Å²) in [5.41, 5.74) is 5.81. The average Bonchev–Trinajstić information content (AvgIpc) is 2.54. The molecule has 0 N–H and O–H groups in total. The molecule has 0 unspecified atom stereocenters. The molecule has 0 bridgehead atoms. The van der Waals surface area contributed by atoms with Crippen LogP contribution in [0, 0.1) is 0 Å². The van der Waals surface area contributed by atoms with E-state index in [4.69, 9.17) is 11.6 Å². The monoisotopic (exact) mass is 458 g/mol. The molecule has 24 heavy (non-hydrogen) atoms. The summed E-state index contributed by atoms with van der Waals surface area (Å²) in [7, 11) is 0. The maximum absolute atomic E-state index is 5.93. The molecule has 0 aromatic heterocycles. The van der Waals surface area contributed by atoms with Crippen molar-refractivity contribution < 1.29 is 0 Å². The fraction of sp³-hybridized carbons (Fsp3) is 0.455. The predicted molar refractivity (Wildman–Crippen MR) is 110 cm³/mol. The molecule has 0 saturated heterocycles. The van der Waals surface area contributed by atoms with E-state index in [0.29, 0.717) is 23.6 Å². The van der Waals surface area contributed by atoms with Crippen LogP contribution in [0.2, 0.25) is 0 Å². The molecular formula is C22H29ClTe. The van der Waals surface area contributed by atoms with E-state index in [1.54, 1.807) is 14.7 Å². The first-order chi connectivity index (χ1) is 11.3. The molecule has 2 heteroatoms. The van der Waals surface area contributed by atoms with Gasteiger partial charge >= 0.3 is 164 Å². The van der Waals surface area contributed by atoms with Gasteiger partial charge in [-0.15, -0.1) is 0 Å². The van der Waals surface area contributed by atoms with Crippen LogP contribution in [0.4, 0.5) is 0 Å². The van der Waals surface area contributed by atoms with Gasteiger partial charge in [0.1, 0.15) is 0 Å². The first-order valence-electron chi connectivity index (χ1n) is 8.84. The molecule has 0 spiro atoms. The molecule has 0 aliphatic rings. The summed E-state index contributed by atoms with van der Waals surface area (Å²) in [5.74, 6) is 2.32. The van der Waals surface area contributed by atoms with E-state index in [1.165, 1.54) is 14.7 Å². The van der Waals surface area contributed by atoms with Crippen LogP contribution in [0.5, 0.6) is 0 Å². The Morgan fingerprint density at radius 3 is 1.67 bits per heavy atom. The third-order valence-electron chi connectivity index (χ3n) is 4.38. The number of hydrogen-bond donors (Lipinski definition) is 0. The number of benzene rings is 2. The molecule has 0 atom stereocenters. The van der Waals surface area contributed by atoms with Crippen molar-refractivity contribution in [3.63, 3.8) is 0 Å². The van der Waals surface area contributed by atoms with Gasteiger partial charge in [-0.2, -0.15) is 0 Å². The summed E-state index contributed by atoms with van der Waals surface area (Å²) in [6.45, 7) is 13.9. The molecular weight excluding hydrogens is 427 g/mol. The van der Waals surface area contributed by atoms with Crippen molar-refractivity contribution in [2.45, 2.75) is 65.2 Å². The fourth-order valence-corrected chi connectivity index (χ4v) is 6.75. The van der Waals surface area contributed by atoms with Gasteiger partial charge in [0.25, 0.3) is 0 Å². The number of halogens is 1. The van der Waals surface area contributed by atoms with Gasteiger partial charge < -0.3 is 0 Å². The van der Waals surface area contributed by atoms with Gasteiger partial charge in [0.15, 0.2) is 0 Å². The molecule has 0 fully saturated rings. The second-order valence-electron chi connectivity index (χ2n) is 7.37. The van der Waals surface area contributed by atoms with Crippen molar-refractivity contribution in [3.05, 3.63) is 58.7 Å². The minimum atomic E-state index is -0.390. The third kappa shape index (κ3) is 4.78. The Morgan fingerprint density at radius 1 is 0.792 bits per heavy atom. The fourth-order valence-electron chi connectivity index (χ4n) is 2.77. The Morgan fingerprint density at radius 2 is 1.29 bits per heavy atom.